The lowest BCUT2D eigenvalue weighted by atomic mass is 10.1. The highest BCUT2D eigenvalue weighted by atomic mass is 16.5. The summed E-state index contributed by atoms with van der Waals surface area (Å²) in [6.07, 6.45) is 1.95. The lowest BCUT2D eigenvalue weighted by molar-refractivity contribution is -0.0327. The van der Waals surface area contributed by atoms with Crippen LogP contribution in [0.2, 0.25) is 0 Å². The summed E-state index contributed by atoms with van der Waals surface area (Å²) in [5.74, 6) is 1.70. The van der Waals surface area contributed by atoms with Crippen molar-refractivity contribution in [2.24, 2.45) is 5.73 Å². The molecule has 6 rings (SSSR count). The van der Waals surface area contributed by atoms with Gasteiger partial charge < -0.3 is 29.9 Å². The van der Waals surface area contributed by atoms with Gasteiger partial charge in [-0.25, -0.2) is 4.98 Å². The molecule has 0 radical (unpaired) electrons. The SMILES string of the molecule is CO[C@@H]1CN(c2nc(C)cc(N3CCN(C[C@H]4CN(c5ccc(C#N)c6ncccc56)C[C@@H](C)O4)CC3)n2)C[C@@H]1N. The molecule has 3 aromatic rings. The molecule has 0 unspecified atom stereocenters. The van der Waals surface area contributed by atoms with Crippen molar-refractivity contribution >= 4 is 28.4 Å². The summed E-state index contributed by atoms with van der Waals surface area (Å²) in [4.78, 5) is 23.5. The molecule has 5 heterocycles. The Morgan fingerprint density at radius 3 is 2.63 bits per heavy atom. The second kappa shape index (κ2) is 11.7. The Morgan fingerprint density at radius 2 is 1.88 bits per heavy atom. The number of pyridine rings is 1. The average molecular weight is 558 g/mol. The van der Waals surface area contributed by atoms with Crippen LogP contribution >= 0.6 is 0 Å². The summed E-state index contributed by atoms with van der Waals surface area (Å²) in [5.41, 5.74) is 9.68. The number of morpholine rings is 1. The van der Waals surface area contributed by atoms with Crippen LogP contribution in [0.25, 0.3) is 10.9 Å². The largest absolute Gasteiger partial charge is 0.378 e. The Morgan fingerprint density at radius 1 is 1.05 bits per heavy atom. The molecule has 4 atom stereocenters. The number of hydrogen-bond donors (Lipinski definition) is 1. The van der Waals surface area contributed by atoms with E-state index >= 15 is 0 Å². The van der Waals surface area contributed by atoms with Gasteiger partial charge in [0.2, 0.25) is 5.95 Å². The zero-order valence-corrected chi connectivity index (χ0v) is 24.1. The van der Waals surface area contributed by atoms with Crippen LogP contribution in [0, 0.1) is 18.3 Å². The maximum atomic E-state index is 9.55. The van der Waals surface area contributed by atoms with E-state index in [0.717, 1.165) is 79.9 Å². The normalized spacial score (nSPS) is 25.6. The molecule has 3 fully saturated rings. The molecule has 3 saturated heterocycles. The Kier molecular flexibility index (Phi) is 7.90. The van der Waals surface area contributed by atoms with Crippen molar-refractivity contribution < 1.29 is 9.47 Å². The Hall–Kier alpha value is -3.56. The van der Waals surface area contributed by atoms with Crippen molar-refractivity contribution in [3.63, 3.8) is 0 Å². The van der Waals surface area contributed by atoms with E-state index in [0.29, 0.717) is 18.7 Å². The quantitative estimate of drug-likeness (QED) is 0.478. The van der Waals surface area contributed by atoms with E-state index in [2.05, 4.69) is 55.8 Å². The van der Waals surface area contributed by atoms with E-state index in [9.17, 15) is 5.26 Å². The van der Waals surface area contributed by atoms with Gasteiger partial charge in [-0.2, -0.15) is 10.2 Å². The molecule has 0 bridgehead atoms. The number of piperazine rings is 1. The topological polar surface area (TPSA) is 120 Å². The molecular formula is C30H39N9O2. The van der Waals surface area contributed by atoms with Crippen LogP contribution in [0.5, 0.6) is 0 Å². The van der Waals surface area contributed by atoms with Crippen LogP contribution in [0.15, 0.2) is 36.5 Å². The molecule has 1 aromatic carbocycles. The average Bonchev–Trinajstić information content (AvgIpc) is 3.37. The van der Waals surface area contributed by atoms with Crippen molar-refractivity contribution in [2.75, 3.05) is 80.7 Å². The molecule has 11 nitrogen and oxygen atoms in total. The third-order valence-electron chi connectivity index (χ3n) is 8.42. The van der Waals surface area contributed by atoms with Gasteiger partial charge in [-0.05, 0) is 38.1 Å². The number of rotatable bonds is 6. The van der Waals surface area contributed by atoms with Gasteiger partial charge in [-0.15, -0.1) is 0 Å². The standard InChI is InChI=1S/C30H39N9O2/c1-20-13-28(35-30(34-20)39-18-25(32)27(19-39)40-3)37-11-9-36(10-12-37)16-23-17-38(15-21(2)41-23)26-7-6-22(14-31)29-24(26)5-4-8-33-29/h4-8,13,21,23,25,27H,9-12,15-19,32H2,1-3H3/t21-,23+,25+,27-/m1/s1. The van der Waals surface area contributed by atoms with Gasteiger partial charge in [0.25, 0.3) is 0 Å². The number of methoxy groups -OCH3 is 1. The highest BCUT2D eigenvalue weighted by molar-refractivity contribution is 5.95. The lowest BCUT2D eigenvalue weighted by Gasteiger charge is -2.42. The van der Waals surface area contributed by atoms with E-state index in [1.54, 1.807) is 13.3 Å². The van der Waals surface area contributed by atoms with Gasteiger partial charge >= 0.3 is 0 Å². The molecule has 0 saturated carbocycles. The van der Waals surface area contributed by atoms with Crippen molar-refractivity contribution in [3.8, 4) is 6.07 Å². The maximum absolute atomic E-state index is 9.55. The first-order chi connectivity index (χ1) is 19.9. The minimum Gasteiger partial charge on any atom is -0.378 e. The number of nitrogens with zero attached hydrogens (tertiary/aromatic N) is 8. The fraction of sp³-hybridized carbons (Fsp3) is 0.533. The summed E-state index contributed by atoms with van der Waals surface area (Å²) in [6.45, 7) is 11.7. The summed E-state index contributed by atoms with van der Waals surface area (Å²) >= 11 is 0. The van der Waals surface area contributed by atoms with Gasteiger partial charge in [0.15, 0.2) is 0 Å². The van der Waals surface area contributed by atoms with Gasteiger partial charge in [0.1, 0.15) is 11.9 Å². The number of hydrogen-bond acceptors (Lipinski definition) is 11. The molecule has 3 aliphatic rings. The number of benzene rings is 1. The summed E-state index contributed by atoms with van der Waals surface area (Å²) in [7, 11) is 1.71. The van der Waals surface area contributed by atoms with E-state index in [1.807, 2.05) is 19.1 Å². The lowest BCUT2D eigenvalue weighted by Crippen LogP contribution is -2.54. The molecule has 0 aliphatic carbocycles. The zero-order chi connectivity index (χ0) is 28.5. The number of ether oxygens (including phenoxy) is 2. The number of anilines is 3. The highest BCUT2D eigenvalue weighted by Crippen LogP contribution is 2.30. The molecule has 2 aromatic heterocycles. The monoisotopic (exact) mass is 557 g/mol. The van der Waals surface area contributed by atoms with Crippen LogP contribution < -0.4 is 20.4 Å². The van der Waals surface area contributed by atoms with Crippen molar-refractivity contribution in [3.05, 3.63) is 47.8 Å². The van der Waals surface area contributed by atoms with E-state index in [-0.39, 0.29) is 24.4 Å². The molecule has 216 valence electrons. The van der Waals surface area contributed by atoms with Crippen molar-refractivity contribution in [1.29, 1.82) is 5.26 Å². The second-order valence-corrected chi connectivity index (χ2v) is 11.4. The summed E-state index contributed by atoms with van der Waals surface area (Å²) in [5, 5.41) is 10.6. The highest BCUT2D eigenvalue weighted by Gasteiger charge is 2.33. The Labute approximate surface area is 241 Å². The molecule has 0 amide bonds. The van der Waals surface area contributed by atoms with Crippen molar-refractivity contribution in [2.45, 2.75) is 38.2 Å². The van der Waals surface area contributed by atoms with Gasteiger partial charge in [-0.3, -0.25) is 9.88 Å². The smallest absolute Gasteiger partial charge is 0.227 e. The Bertz CT molecular complexity index is 1420. The number of aromatic nitrogens is 3. The van der Waals surface area contributed by atoms with E-state index in [4.69, 9.17) is 25.2 Å². The fourth-order valence-electron chi connectivity index (χ4n) is 6.37. The van der Waals surface area contributed by atoms with Crippen LogP contribution in [-0.2, 0) is 9.47 Å². The number of fused-ring (bicyclic) bond motifs is 1. The van der Waals surface area contributed by atoms with Crippen LogP contribution in [0.1, 0.15) is 18.2 Å². The molecular weight excluding hydrogens is 518 g/mol. The first-order valence-electron chi connectivity index (χ1n) is 14.5. The predicted octanol–water partition coefficient (Wildman–Crippen LogP) is 1.78. The third kappa shape index (κ3) is 5.78. The molecule has 3 aliphatic heterocycles. The second-order valence-electron chi connectivity index (χ2n) is 11.4. The van der Waals surface area contributed by atoms with Crippen molar-refractivity contribution in [1.82, 2.24) is 19.9 Å². The van der Waals surface area contributed by atoms with Gasteiger partial charge in [-0.1, -0.05) is 0 Å². The predicted molar refractivity (Wildman–Crippen MR) is 159 cm³/mol. The van der Waals surface area contributed by atoms with E-state index < -0.39 is 0 Å². The molecule has 11 heteroatoms. The molecule has 41 heavy (non-hydrogen) atoms. The van der Waals surface area contributed by atoms with Crippen LogP contribution in [0.4, 0.5) is 17.5 Å². The van der Waals surface area contributed by atoms with Crippen LogP contribution in [0.3, 0.4) is 0 Å². The molecule has 0 spiro atoms. The van der Waals surface area contributed by atoms with E-state index in [1.165, 1.54) is 0 Å². The third-order valence-corrected chi connectivity index (χ3v) is 8.42. The first kappa shape index (κ1) is 27.6. The van der Waals surface area contributed by atoms with Gasteiger partial charge in [0, 0.05) is 95.0 Å². The molecule has 2 N–H and O–H groups in total. The first-order valence-corrected chi connectivity index (χ1v) is 14.5. The summed E-state index contributed by atoms with van der Waals surface area (Å²) < 4.78 is 11.9. The maximum Gasteiger partial charge on any atom is 0.227 e. The minimum absolute atomic E-state index is 0.000874. The Balaban J connectivity index is 1.09. The van der Waals surface area contributed by atoms with Crippen LogP contribution in [-0.4, -0.2) is 110 Å². The summed E-state index contributed by atoms with van der Waals surface area (Å²) in [6, 6.07) is 12.2. The fourth-order valence-corrected chi connectivity index (χ4v) is 6.37. The van der Waals surface area contributed by atoms with Gasteiger partial charge in [0.05, 0.1) is 35.4 Å². The zero-order valence-electron chi connectivity index (χ0n) is 24.1. The number of nitrogens with two attached hydrogens (primary N) is 1. The number of aryl methyl sites for hydroxylation is 1. The minimum atomic E-state index is -0.0379. The number of nitriles is 1.